The number of unbranched alkanes of at least 4 members (excludes halogenated alkanes) is 1. The van der Waals surface area contributed by atoms with E-state index in [4.69, 9.17) is 5.11 Å². The first-order valence-electron chi connectivity index (χ1n) is 4.80. The molecule has 1 aromatic rings. The lowest BCUT2D eigenvalue weighted by Crippen LogP contribution is -1.99. The molecular formula is C10H14O3S2. The molecule has 0 fully saturated rings. The van der Waals surface area contributed by atoms with Gasteiger partial charge >= 0.3 is 5.97 Å². The molecule has 3 nitrogen and oxygen atoms in total. The Balaban J connectivity index is 2.50. The van der Waals surface area contributed by atoms with E-state index in [0.717, 1.165) is 17.7 Å². The maximum absolute atomic E-state index is 11.5. The van der Waals surface area contributed by atoms with E-state index >= 15 is 0 Å². The molecule has 0 aromatic carbocycles. The number of carbonyl (C=O) groups is 1. The van der Waals surface area contributed by atoms with Crippen molar-refractivity contribution in [2.45, 2.75) is 25.5 Å². The van der Waals surface area contributed by atoms with E-state index in [1.165, 1.54) is 11.3 Å². The fourth-order valence-electron chi connectivity index (χ4n) is 1.11. The predicted octanol–water partition coefficient (Wildman–Crippen LogP) is 2.50. The molecule has 1 N–H and O–H groups in total. The molecule has 1 aromatic heterocycles. The Morgan fingerprint density at radius 3 is 2.80 bits per heavy atom. The molecule has 1 rings (SSSR count). The lowest BCUT2D eigenvalue weighted by Gasteiger charge is -1.97. The van der Waals surface area contributed by atoms with Crippen molar-refractivity contribution in [1.82, 2.24) is 0 Å². The lowest BCUT2D eigenvalue weighted by molar-refractivity contribution is 0.0702. The van der Waals surface area contributed by atoms with Gasteiger partial charge in [0, 0.05) is 21.4 Å². The molecule has 0 aliphatic heterocycles. The zero-order valence-electron chi connectivity index (χ0n) is 8.56. The molecule has 0 bridgehead atoms. The van der Waals surface area contributed by atoms with Crippen LogP contribution in [0.4, 0.5) is 0 Å². The van der Waals surface area contributed by atoms with Crippen LogP contribution in [0.2, 0.25) is 0 Å². The first kappa shape index (κ1) is 12.4. The summed E-state index contributed by atoms with van der Waals surface area (Å²) in [6.07, 6.45) is 2.00. The average Bonchev–Trinajstić information content (AvgIpc) is 2.63. The van der Waals surface area contributed by atoms with Crippen LogP contribution in [-0.2, 0) is 16.6 Å². The number of aromatic carboxylic acids is 1. The Bertz CT molecular complexity index is 357. The molecule has 0 saturated carbocycles. The van der Waals surface area contributed by atoms with Gasteiger partial charge in [0.2, 0.25) is 0 Å². The van der Waals surface area contributed by atoms with E-state index < -0.39 is 16.8 Å². The van der Waals surface area contributed by atoms with Crippen molar-refractivity contribution < 1.29 is 14.1 Å². The van der Waals surface area contributed by atoms with Crippen LogP contribution in [0.3, 0.4) is 0 Å². The number of rotatable bonds is 6. The van der Waals surface area contributed by atoms with Crippen LogP contribution in [-0.4, -0.2) is 21.0 Å². The monoisotopic (exact) mass is 246 g/mol. The Labute approximate surface area is 95.6 Å². The van der Waals surface area contributed by atoms with E-state index in [1.54, 1.807) is 12.1 Å². The second-order valence-electron chi connectivity index (χ2n) is 3.21. The number of hydrogen-bond donors (Lipinski definition) is 1. The van der Waals surface area contributed by atoms with Crippen molar-refractivity contribution >= 4 is 28.1 Å². The normalized spacial score (nSPS) is 12.6. The summed E-state index contributed by atoms with van der Waals surface area (Å²) >= 11 is 1.21. The van der Waals surface area contributed by atoms with Gasteiger partial charge in [0.15, 0.2) is 0 Å². The van der Waals surface area contributed by atoms with Crippen molar-refractivity contribution in [2.24, 2.45) is 0 Å². The zero-order chi connectivity index (χ0) is 11.3. The quantitative estimate of drug-likeness (QED) is 0.839. The number of hydrogen-bond acceptors (Lipinski definition) is 3. The van der Waals surface area contributed by atoms with Gasteiger partial charge in [-0.3, -0.25) is 4.21 Å². The van der Waals surface area contributed by atoms with Crippen molar-refractivity contribution in [2.75, 3.05) is 5.75 Å². The van der Waals surface area contributed by atoms with E-state index in [-0.39, 0.29) is 0 Å². The van der Waals surface area contributed by atoms with Crippen molar-refractivity contribution in [3.05, 3.63) is 21.9 Å². The highest BCUT2D eigenvalue weighted by Gasteiger charge is 2.08. The van der Waals surface area contributed by atoms with Crippen LogP contribution >= 0.6 is 11.3 Å². The van der Waals surface area contributed by atoms with Gasteiger partial charge in [-0.25, -0.2) is 4.79 Å². The van der Waals surface area contributed by atoms with Crippen LogP contribution < -0.4 is 0 Å². The van der Waals surface area contributed by atoms with Gasteiger partial charge < -0.3 is 5.11 Å². The minimum atomic E-state index is -0.911. The molecule has 0 saturated heterocycles. The fourth-order valence-corrected chi connectivity index (χ4v) is 3.55. The lowest BCUT2D eigenvalue weighted by atomic mass is 10.4. The minimum absolute atomic E-state index is 0.317. The SMILES string of the molecule is CCCCS(=O)Cc1ccc(C(=O)O)s1. The van der Waals surface area contributed by atoms with Gasteiger partial charge in [0.05, 0.1) is 5.75 Å². The smallest absolute Gasteiger partial charge is 0.345 e. The van der Waals surface area contributed by atoms with Crippen LogP contribution in [0.5, 0.6) is 0 Å². The average molecular weight is 246 g/mol. The summed E-state index contributed by atoms with van der Waals surface area (Å²) in [4.78, 5) is 11.8. The van der Waals surface area contributed by atoms with Crippen LogP contribution in [0, 0.1) is 0 Å². The third kappa shape index (κ3) is 4.13. The van der Waals surface area contributed by atoms with Gasteiger partial charge in [-0.05, 0) is 18.6 Å². The minimum Gasteiger partial charge on any atom is -0.477 e. The highest BCUT2D eigenvalue weighted by Crippen LogP contribution is 2.18. The third-order valence-electron chi connectivity index (χ3n) is 1.90. The molecule has 0 radical (unpaired) electrons. The van der Waals surface area contributed by atoms with Crippen molar-refractivity contribution in [3.8, 4) is 0 Å². The molecule has 1 atom stereocenters. The number of thiophene rings is 1. The molecule has 0 amide bonds. The first-order chi connectivity index (χ1) is 7.13. The van der Waals surface area contributed by atoms with Gasteiger partial charge in [-0.2, -0.15) is 0 Å². The van der Waals surface area contributed by atoms with E-state index in [0.29, 0.717) is 16.4 Å². The van der Waals surface area contributed by atoms with Crippen molar-refractivity contribution in [1.29, 1.82) is 0 Å². The van der Waals surface area contributed by atoms with Gasteiger partial charge in [-0.15, -0.1) is 11.3 Å². The third-order valence-corrected chi connectivity index (χ3v) is 4.53. The summed E-state index contributed by atoms with van der Waals surface area (Å²) in [6.45, 7) is 2.06. The molecule has 0 aliphatic rings. The summed E-state index contributed by atoms with van der Waals surface area (Å²) in [7, 11) is -0.853. The molecule has 15 heavy (non-hydrogen) atoms. The molecule has 5 heteroatoms. The number of carboxylic acids is 1. The Hall–Kier alpha value is -0.680. The van der Waals surface area contributed by atoms with Crippen LogP contribution in [0.15, 0.2) is 12.1 Å². The summed E-state index contributed by atoms with van der Waals surface area (Å²) in [5.41, 5.74) is 0. The number of carboxylic acid groups (broad SMARTS) is 1. The second-order valence-corrected chi connectivity index (χ2v) is 5.96. The second kappa shape index (κ2) is 6.02. The van der Waals surface area contributed by atoms with Crippen LogP contribution in [0.1, 0.15) is 34.3 Å². The molecular weight excluding hydrogens is 232 g/mol. The molecule has 0 spiro atoms. The van der Waals surface area contributed by atoms with E-state index in [9.17, 15) is 9.00 Å². The summed E-state index contributed by atoms with van der Waals surface area (Å²) < 4.78 is 11.5. The highest BCUT2D eigenvalue weighted by atomic mass is 32.2. The Kier molecular flexibility index (Phi) is 4.98. The van der Waals surface area contributed by atoms with Gasteiger partial charge in [0.1, 0.15) is 4.88 Å². The molecule has 1 heterocycles. The van der Waals surface area contributed by atoms with Gasteiger partial charge in [-0.1, -0.05) is 13.3 Å². The van der Waals surface area contributed by atoms with Crippen LogP contribution in [0.25, 0.3) is 0 Å². The summed E-state index contributed by atoms with van der Waals surface area (Å²) in [5, 5.41) is 8.71. The summed E-state index contributed by atoms with van der Waals surface area (Å²) in [5.74, 6) is 0.278. The molecule has 84 valence electrons. The standard InChI is InChI=1S/C10H14O3S2/c1-2-3-6-15(13)7-8-4-5-9(14-8)10(11)12/h4-5H,2-3,6-7H2,1H3,(H,11,12). The maximum atomic E-state index is 11.5. The van der Waals surface area contributed by atoms with Crippen molar-refractivity contribution in [3.63, 3.8) is 0 Å². The van der Waals surface area contributed by atoms with E-state index in [2.05, 4.69) is 6.92 Å². The largest absolute Gasteiger partial charge is 0.477 e. The fraction of sp³-hybridized carbons (Fsp3) is 0.500. The Morgan fingerprint density at radius 2 is 2.27 bits per heavy atom. The first-order valence-corrected chi connectivity index (χ1v) is 7.11. The topological polar surface area (TPSA) is 54.4 Å². The molecule has 0 aliphatic carbocycles. The zero-order valence-corrected chi connectivity index (χ0v) is 10.2. The van der Waals surface area contributed by atoms with E-state index in [1.807, 2.05) is 0 Å². The maximum Gasteiger partial charge on any atom is 0.345 e. The Morgan fingerprint density at radius 1 is 1.53 bits per heavy atom. The highest BCUT2D eigenvalue weighted by molar-refractivity contribution is 7.84. The summed E-state index contributed by atoms with van der Waals surface area (Å²) in [6, 6.07) is 3.32. The van der Waals surface area contributed by atoms with Gasteiger partial charge in [0.25, 0.3) is 0 Å². The predicted molar refractivity (Wildman–Crippen MR) is 62.9 cm³/mol. The molecule has 1 unspecified atom stereocenters.